The fourth-order valence-electron chi connectivity index (χ4n) is 2.86. The maximum Gasteiger partial charge on any atom is 0.230 e. The summed E-state index contributed by atoms with van der Waals surface area (Å²) in [6, 6.07) is 5.15. The van der Waals surface area contributed by atoms with E-state index in [0.29, 0.717) is 18.3 Å². The minimum absolute atomic E-state index is 0.287. The number of halogens is 1. The lowest BCUT2D eigenvalue weighted by atomic mass is 10.2. The molecule has 0 unspecified atom stereocenters. The lowest BCUT2D eigenvalue weighted by Gasteiger charge is -2.33. The predicted octanol–water partition coefficient (Wildman–Crippen LogP) is 2.10. The van der Waals surface area contributed by atoms with E-state index in [1.807, 2.05) is 13.0 Å². The Bertz CT molecular complexity index is 668. The highest BCUT2D eigenvalue weighted by Crippen LogP contribution is 2.19. The van der Waals surface area contributed by atoms with Crippen molar-refractivity contribution in [2.24, 2.45) is 0 Å². The summed E-state index contributed by atoms with van der Waals surface area (Å²) in [6.45, 7) is 7.17. The van der Waals surface area contributed by atoms with E-state index in [-0.39, 0.29) is 11.6 Å². The highest BCUT2D eigenvalue weighted by atomic mass is 19.1. The van der Waals surface area contributed by atoms with Crippen molar-refractivity contribution in [2.75, 3.05) is 33.3 Å². The molecule has 7 heteroatoms. The Kier molecular flexibility index (Phi) is 5.42. The molecule has 1 aromatic carbocycles. The van der Waals surface area contributed by atoms with E-state index in [2.05, 4.69) is 20.0 Å². The van der Waals surface area contributed by atoms with Crippen molar-refractivity contribution in [1.29, 1.82) is 0 Å². The van der Waals surface area contributed by atoms with E-state index in [0.717, 1.165) is 44.7 Å². The molecule has 0 spiro atoms. The van der Waals surface area contributed by atoms with Gasteiger partial charge in [0.15, 0.2) is 11.6 Å². The molecule has 2 aromatic rings. The molecular weight excluding hydrogens is 311 g/mol. The molecule has 6 nitrogen and oxygen atoms in total. The van der Waals surface area contributed by atoms with Crippen molar-refractivity contribution in [1.82, 2.24) is 20.0 Å². The summed E-state index contributed by atoms with van der Waals surface area (Å²) < 4.78 is 24.3. The highest BCUT2D eigenvalue weighted by Gasteiger charge is 2.19. The number of piperazine rings is 1. The Morgan fingerprint density at radius 2 is 1.75 bits per heavy atom. The zero-order chi connectivity index (χ0) is 16.9. The van der Waals surface area contributed by atoms with Crippen LogP contribution in [-0.2, 0) is 19.5 Å². The van der Waals surface area contributed by atoms with Gasteiger partial charge in [-0.2, -0.15) is 0 Å². The van der Waals surface area contributed by atoms with Gasteiger partial charge in [-0.05, 0) is 17.7 Å². The molecule has 0 amide bonds. The summed E-state index contributed by atoms with van der Waals surface area (Å²) in [7, 11) is 1.48. The molecule has 0 saturated carbocycles. The van der Waals surface area contributed by atoms with Crippen LogP contribution in [0.15, 0.2) is 22.6 Å². The molecule has 3 rings (SSSR count). The van der Waals surface area contributed by atoms with Crippen LogP contribution in [0.1, 0.15) is 24.3 Å². The molecule has 0 bridgehead atoms. The third-order valence-corrected chi connectivity index (χ3v) is 4.26. The van der Waals surface area contributed by atoms with E-state index >= 15 is 0 Å². The minimum atomic E-state index is -0.309. The van der Waals surface area contributed by atoms with E-state index < -0.39 is 0 Å². The summed E-state index contributed by atoms with van der Waals surface area (Å²) in [5.74, 6) is 1.34. The van der Waals surface area contributed by atoms with E-state index in [4.69, 9.17) is 9.15 Å². The second-order valence-electron chi connectivity index (χ2n) is 5.96. The van der Waals surface area contributed by atoms with E-state index in [1.54, 1.807) is 12.1 Å². The highest BCUT2D eigenvalue weighted by molar-refractivity contribution is 5.29. The van der Waals surface area contributed by atoms with Crippen molar-refractivity contribution in [2.45, 2.75) is 26.4 Å². The second-order valence-corrected chi connectivity index (χ2v) is 5.96. The summed E-state index contributed by atoms with van der Waals surface area (Å²) in [4.78, 5) is 4.63. The molecule has 1 saturated heterocycles. The first-order valence-electron chi connectivity index (χ1n) is 8.26. The van der Waals surface area contributed by atoms with Gasteiger partial charge in [0.05, 0.1) is 13.7 Å². The van der Waals surface area contributed by atoms with Crippen LogP contribution in [0.2, 0.25) is 0 Å². The van der Waals surface area contributed by atoms with Crippen LogP contribution >= 0.6 is 0 Å². The number of aryl methyl sites for hydroxylation is 1. The van der Waals surface area contributed by atoms with Crippen molar-refractivity contribution >= 4 is 0 Å². The monoisotopic (exact) mass is 334 g/mol. The van der Waals surface area contributed by atoms with E-state index in [1.165, 1.54) is 7.11 Å². The Balaban J connectivity index is 1.49. The Labute approximate surface area is 141 Å². The molecule has 24 heavy (non-hydrogen) atoms. The smallest absolute Gasteiger partial charge is 0.230 e. The standard InChI is InChI=1S/C17H23FN4O2/c1-3-16-19-20-17(24-16)12-22-8-6-21(7-9-22)11-13-4-5-15(23-2)14(18)10-13/h4-5,10H,3,6-9,11-12H2,1-2H3. The maximum absolute atomic E-state index is 13.8. The van der Waals surface area contributed by atoms with Gasteiger partial charge in [-0.3, -0.25) is 9.80 Å². The quantitative estimate of drug-likeness (QED) is 0.806. The van der Waals surface area contributed by atoms with Crippen molar-refractivity contribution in [3.05, 3.63) is 41.4 Å². The minimum Gasteiger partial charge on any atom is -0.494 e. The zero-order valence-corrected chi connectivity index (χ0v) is 14.2. The number of methoxy groups -OCH3 is 1. The molecule has 1 aromatic heterocycles. The van der Waals surface area contributed by atoms with Gasteiger partial charge in [-0.25, -0.2) is 4.39 Å². The SMILES string of the molecule is CCc1nnc(CN2CCN(Cc3ccc(OC)c(F)c3)CC2)o1. The molecule has 0 radical (unpaired) electrons. The third kappa shape index (κ3) is 4.10. The fraction of sp³-hybridized carbons (Fsp3) is 0.529. The van der Waals surface area contributed by atoms with Gasteiger partial charge in [0.2, 0.25) is 11.8 Å². The Morgan fingerprint density at radius 1 is 1.08 bits per heavy atom. The molecule has 0 atom stereocenters. The van der Waals surface area contributed by atoms with Crippen LogP contribution in [0, 0.1) is 5.82 Å². The first-order valence-corrected chi connectivity index (χ1v) is 8.26. The molecular formula is C17H23FN4O2. The number of nitrogens with zero attached hydrogens (tertiary/aromatic N) is 4. The number of aromatic nitrogens is 2. The number of hydrogen-bond acceptors (Lipinski definition) is 6. The van der Waals surface area contributed by atoms with Crippen molar-refractivity contribution in [3.8, 4) is 5.75 Å². The summed E-state index contributed by atoms with van der Waals surface area (Å²) in [5.41, 5.74) is 0.964. The van der Waals surface area contributed by atoms with Gasteiger partial charge in [0, 0.05) is 39.1 Å². The average Bonchev–Trinajstić information content (AvgIpc) is 3.04. The number of benzene rings is 1. The van der Waals surface area contributed by atoms with Gasteiger partial charge in [-0.1, -0.05) is 13.0 Å². The number of rotatable bonds is 6. The molecule has 1 fully saturated rings. The van der Waals surface area contributed by atoms with Crippen LogP contribution < -0.4 is 4.74 Å². The fourth-order valence-corrected chi connectivity index (χ4v) is 2.86. The first kappa shape index (κ1) is 16.9. The van der Waals surface area contributed by atoms with Crippen LogP contribution in [0.3, 0.4) is 0 Å². The number of ether oxygens (including phenoxy) is 1. The van der Waals surface area contributed by atoms with Crippen LogP contribution in [0.5, 0.6) is 5.75 Å². The predicted molar refractivity (Wildman–Crippen MR) is 87.2 cm³/mol. The van der Waals surface area contributed by atoms with Crippen molar-refractivity contribution < 1.29 is 13.5 Å². The van der Waals surface area contributed by atoms with Gasteiger partial charge in [-0.15, -0.1) is 10.2 Å². The van der Waals surface area contributed by atoms with Crippen molar-refractivity contribution in [3.63, 3.8) is 0 Å². The number of hydrogen-bond donors (Lipinski definition) is 0. The lowest BCUT2D eigenvalue weighted by Crippen LogP contribution is -2.45. The third-order valence-electron chi connectivity index (χ3n) is 4.26. The summed E-state index contributed by atoms with van der Waals surface area (Å²) in [6.07, 6.45) is 0.763. The summed E-state index contributed by atoms with van der Waals surface area (Å²) in [5, 5.41) is 8.06. The topological polar surface area (TPSA) is 54.6 Å². The van der Waals surface area contributed by atoms with Gasteiger partial charge < -0.3 is 9.15 Å². The molecule has 2 heterocycles. The van der Waals surface area contributed by atoms with Gasteiger partial charge in [0.25, 0.3) is 0 Å². The molecule has 130 valence electrons. The zero-order valence-electron chi connectivity index (χ0n) is 14.2. The summed E-state index contributed by atoms with van der Waals surface area (Å²) >= 11 is 0. The normalized spacial score (nSPS) is 16.5. The largest absolute Gasteiger partial charge is 0.494 e. The van der Waals surface area contributed by atoms with Gasteiger partial charge >= 0.3 is 0 Å². The maximum atomic E-state index is 13.8. The average molecular weight is 334 g/mol. The van der Waals surface area contributed by atoms with Crippen LogP contribution in [0.4, 0.5) is 4.39 Å². The van der Waals surface area contributed by atoms with Gasteiger partial charge in [0.1, 0.15) is 0 Å². The Hall–Kier alpha value is -1.99. The molecule has 0 N–H and O–H groups in total. The molecule has 1 aliphatic rings. The Morgan fingerprint density at radius 3 is 2.33 bits per heavy atom. The van der Waals surface area contributed by atoms with E-state index in [9.17, 15) is 4.39 Å². The lowest BCUT2D eigenvalue weighted by molar-refractivity contribution is 0.114. The van der Waals surface area contributed by atoms with Crippen LogP contribution in [-0.4, -0.2) is 53.3 Å². The molecule has 1 aliphatic heterocycles. The molecule has 0 aliphatic carbocycles. The first-order chi connectivity index (χ1) is 11.7. The second kappa shape index (κ2) is 7.72. The van der Waals surface area contributed by atoms with Crippen LogP contribution in [0.25, 0.3) is 0 Å².